The van der Waals surface area contributed by atoms with Crippen molar-refractivity contribution in [1.82, 2.24) is 10.3 Å². The molecule has 2 rings (SSSR count). The van der Waals surface area contributed by atoms with Crippen LogP contribution in [0.4, 0.5) is 0 Å². The highest BCUT2D eigenvalue weighted by Gasteiger charge is 2.36. The molecule has 0 radical (unpaired) electrons. The zero-order valence-electron chi connectivity index (χ0n) is 11.7. The summed E-state index contributed by atoms with van der Waals surface area (Å²) in [7, 11) is 0. The van der Waals surface area contributed by atoms with E-state index in [4.69, 9.17) is 5.73 Å². The molecule has 19 heavy (non-hydrogen) atoms. The zero-order chi connectivity index (χ0) is 13.9. The predicted octanol–water partition coefficient (Wildman–Crippen LogP) is 2.54. The SMILES string of the molecule is CCc1cnc(C(C)NC(=O)C2(N)CCCCC2)s1. The van der Waals surface area contributed by atoms with E-state index in [0.717, 1.165) is 37.1 Å². The maximum absolute atomic E-state index is 12.3. The third-order valence-corrected chi connectivity index (χ3v) is 5.16. The van der Waals surface area contributed by atoms with Gasteiger partial charge >= 0.3 is 0 Å². The minimum absolute atomic E-state index is 0.0204. The van der Waals surface area contributed by atoms with Crippen LogP contribution in [-0.2, 0) is 11.2 Å². The molecule has 1 fully saturated rings. The summed E-state index contributed by atoms with van der Waals surface area (Å²) in [4.78, 5) is 17.9. The molecule has 1 atom stereocenters. The maximum Gasteiger partial charge on any atom is 0.240 e. The van der Waals surface area contributed by atoms with Crippen LogP contribution in [0.3, 0.4) is 0 Å². The summed E-state index contributed by atoms with van der Waals surface area (Å²) in [6.07, 6.45) is 7.76. The number of nitrogens with two attached hydrogens (primary N) is 1. The molecule has 4 nitrogen and oxygen atoms in total. The van der Waals surface area contributed by atoms with Gasteiger partial charge in [0.25, 0.3) is 0 Å². The fourth-order valence-corrected chi connectivity index (χ4v) is 3.36. The first-order valence-electron chi connectivity index (χ1n) is 7.09. The number of thiazole rings is 1. The van der Waals surface area contributed by atoms with Crippen molar-refractivity contribution in [3.8, 4) is 0 Å². The smallest absolute Gasteiger partial charge is 0.240 e. The summed E-state index contributed by atoms with van der Waals surface area (Å²) in [6, 6.07) is -0.0554. The van der Waals surface area contributed by atoms with Gasteiger partial charge in [-0.05, 0) is 26.2 Å². The second kappa shape index (κ2) is 6.01. The molecule has 1 unspecified atom stereocenters. The number of carbonyl (C=O) groups is 1. The lowest BCUT2D eigenvalue weighted by atomic mass is 9.82. The standard InChI is InChI=1S/C14H23N3OS/c1-3-11-9-16-12(19-11)10(2)17-13(18)14(15)7-5-4-6-8-14/h9-10H,3-8,15H2,1-2H3,(H,17,18). The van der Waals surface area contributed by atoms with E-state index >= 15 is 0 Å². The van der Waals surface area contributed by atoms with Crippen molar-refractivity contribution in [3.63, 3.8) is 0 Å². The molecule has 1 amide bonds. The molecule has 0 bridgehead atoms. The van der Waals surface area contributed by atoms with Gasteiger partial charge in [-0.2, -0.15) is 0 Å². The first-order valence-corrected chi connectivity index (χ1v) is 7.91. The third kappa shape index (κ3) is 3.34. The van der Waals surface area contributed by atoms with E-state index in [0.29, 0.717) is 0 Å². The Morgan fingerprint density at radius 2 is 2.21 bits per heavy atom. The number of amides is 1. The number of hydrogen-bond acceptors (Lipinski definition) is 4. The third-order valence-electron chi connectivity index (χ3n) is 3.84. The molecule has 1 aromatic heterocycles. The Kier molecular flexibility index (Phi) is 4.58. The number of rotatable bonds is 4. The van der Waals surface area contributed by atoms with Crippen LogP contribution in [0, 0.1) is 0 Å². The molecule has 1 aliphatic rings. The highest BCUT2D eigenvalue weighted by molar-refractivity contribution is 7.11. The monoisotopic (exact) mass is 281 g/mol. The summed E-state index contributed by atoms with van der Waals surface area (Å²) in [6.45, 7) is 4.08. The van der Waals surface area contributed by atoms with Crippen LogP contribution >= 0.6 is 11.3 Å². The van der Waals surface area contributed by atoms with Crippen molar-refractivity contribution in [2.75, 3.05) is 0 Å². The van der Waals surface area contributed by atoms with Gasteiger partial charge < -0.3 is 11.1 Å². The first kappa shape index (κ1) is 14.5. The van der Waals surface area contributed by atoms with Crippen molar-refractivity contribution in [1.29, 1.82) is 0 Å². The van der Waals surface area contributed by atoms with Gasteiger partial charge in [0.15, 0.2) is 0 Å². The molecular formula is C14H23N3OS. The lowest BCUT2D eigenvalue weighted by molar-refractivity contribution is -0.128. The Hall–Kier alpha value is -0.940. The second-order valence-corrected chi connectivity index (χ2v) is 6.58. The van der Waals surface area contributed by atoms with E-state index in [1.807, 2.05) is 13.1 Å². The van der Waals surface area contributed by atoms with Crippen LogP contribution in [0.5, 0.6) is 0 Å². The summed E-state index contributed by atoms with van der Waals surface area (Å²) in [5.41, 5.74) is 5.56. The Morgan fingerprint density at radius 1 is 1.53 bits per heavy atom. The molecule has 5 heteroatoms. The van der Waals surface area contributed by atoms with Crippen molar-refractivity contribution >= 4 is 17.2 Å². The molecule has 0 aliphatic heterocycles. The quantitative estimate of drug-likeness (QED) is 0.891. The number of carbonyl (C=O) groups excluding carboxylic acids is 1. The average molecular weight is 281 g/mol. The normalized spacial score (nSPS) is 19.9. The molecule has 1 heterocycles. The minimum atomic E-state index is -0.669. The Labute approximate surface area is 118 Å². The van der Waals surface area contributed by atoms with E-state index in [2.05, 4.69) is 17.2 Å². The van der Waals surface area contributed by atoms with Gasteiger partial charge in [0.05, 0.1) is 11.6 Å². The molecule has 1 saturated carbocycles. The van der Waals surface area contributed by atoms with Gasteiger partial charge in [-0.25, -0.2) is 4.98 Å². The summed E-state index contributed by atoms with van der Waals surface area (Å²) < 4.78 is 0. The summed E-state index contributed by atoms with van der Waals surface area (Å²) in [5, 5.41) is 3.99. The Bertz CT molecular complexity index is 438. The summed E-state index contributed by atoms with van der Waals surface area (Å²) >= 11 is 1.66. The molecule has 1 aromatic rings. The topological polar surface area (TPSA) is 68.0 Å². The van der Waals surface area contributed by atoms with Crippen LogP contribution in [0.15, 0.2) is 6.20 Å². The van der Waals surface area contributed by atoms with E-state index in [9.17, 15) is 4.79 Å². The fraction of sp³-hybridized carbons (Fsp3) is 0.714. The van der Waals surface area contributed by atoms with E-state index in [1.165, 1.54) is 11.3 Å². The average Bonchev–Trinajstić information content (AvgIpc) is 2.88. The van der Waals surface area contributed by atoms with Crippen molar-refractivity contribution in [2.24, 2.45) is 5.73 Å². The number of nitrogens with one attached hydrogen (secondary N) is 1. The highest BCUT2D eigenvalue weighted by Crippen LogP contribution is 2.27. The molecule has 0 aromatic carbocycles. The van der Waals surface area contributed by atoms with Gasteiger partial charge in [-0.3, -0.25) is 4.79 Å². The number of nitrogens with zero attached hydrogens (tertiary/aromatic N) is 1. The molecular weight excluding hydrogens is 258 g/mol. The van der Waals surface area contributed by atoms with Crippen molar-refractivity contribution in [3.05, 3.63) is 16.1 Å². The zero-order valence-corrected chi connectivity index (χ0v) is 12.6. The number of aromatic nitrogens is 1. The van der Waals surface area contributed by atoms with Crippen molar-refractivity contribution in [2.45, 2.75) is 64.0 Å². The minimum Gasteiger partial charge on any atom is -0.346 e. The lowest BCUT2D eigenvalue weighted by Gasteiger charge is -2.32. The van der Waals surface area contributed by atoms with Gasteiger partial charge in [-0.1, -0.05) is 26.2 Å². The number of aryl methyl sites for hydroxylation is 1. The largest absolute Gasteiger partial charge is 0.346 e. The van der Waals surface area contributed by atoms with Crippen LogP contribution in [0.2, 0.25) is 0 Å². The van der Waals surface area contributed by atoms with Crippen LogP contribution in [-0.4, -0.2) is 16.4 Å². The molecule has 106 valence electrons. The molecule has 1 aliphatic carbocycles. The number of hydrogen-bond donors (Lipinski definition) is 2. The van der Waals surface area contributed by atoms with Gasteiger partial charge in [0, 0.05) is 11.1 Å². The second-order valence-electron chi connectivity index (χ2n) is 5.43. The Morgan fingerprint density at radius 3 is 2.79 bits per heavy atom. The van der Waals surface area contributed by atoms with Crippen molar-refractivity contribution < 1.29 is 4.79 Å². The van der Waals surface area contributed by atoms with Gasteiger partial charge in [0.1, 0.15) is 5.01 Å². The van der Waals surface area contributed by atoms with E-state index < -0.39 is 5.54 Å². The van der Waals surface area contributed by atoms with Gasteiger partial charge in [-0.15, -0.1) is 11.3 Å². The van der Waals surface area contributed by atoms with E-state index in [1.54, 1.807) is 11.3 Å². The predicted molar refractivity (Wildman–Crippen MR) is 78.1 cm³/mol. The first-order chi connectivity index (χ1) is 9.05. The van der Waals surface area contributed by atoms with Gasteiger partial charge in [0.2, 0.25) is 5.91 Å². The van der Waals surface area contributed by atoms with Crippen LogP contribution < -0.4 is 11.1 Å². The Balaban J connectivity index is 1.97. The molecule has 3 N–H and O–H groups in total. The lowest BCUT2D eigenvalue weighted by Crippen LogP contribution is -2.55. The molecule has 0 spiro atoms. The summed E-state index contributed by atoms with van der Waals surface area (Å²) in [5.74, 6) is -0.0204. The molecule has 0 saturated heterocycles. The van der Waals surface area contributed by atoms with Crippen LogP contribution in [0.1, 0.15) is 61.9 Å². The fourth-order valence-electron chi connectivity index (χ4n) is 2.50. The van der Waals surface area contributed by atoms with Crippen LogP contribution in [0.25, 0.3) is 0 Å². The highest BCUT2D eigenvalue weighted by atomic mass is 32.1. The maximum atomic E-state index is 12.3. The van der Waals surface area contributed by atoms with E-state index in [-0.39, 0.29) is 11.9 Å².